The van der Waals surface area contributed by atoms with Gasteiger partial charge in [-0.2, -0.15) is 10.5 Å². The number of phenols is 1. The summed E-state index contributed by atoms with van der Waals surface area (Å²) in [5.41, 5.74) is 12.1. The highest BCUT2D eigenvalue weighted by Gasteiger charge is 2.31. The minimum absolute atomic E-state index is 0.00901. The zero-order chi connectivity index (χ0) is 18.1. The number of pyridine rings is 1. The number of rotatable bonds is 1. The van der Waals surface area contributed by atoms with Gasteiger partial charge in [0.25, 0.3) is 0 Å². The summed E-state index contributed by atoms with van der Waals surface area (Å²) in [6, 6.07) is 4.41. The summed E-state index contributed by atoms with van der Waals surface area (Å²) in [6.45, 7) is 0. The van der Waals surface area contributed by atoms with Gasteiger partial charge in [-0.3, -0.25) is 5.32 Å². The van der Waals surface area contributed by atoms with Crippen molar-refractivity contribution >= 4 is 23.3 Å². The van der Waals surface area contributed by atoms with Crippen LogP contribution in [0.5, 0.6) is 5.75 Å². The summed E-state index contributed by atoms with van der Waals surface area (Å²) < 4.78 is 14.3. The van der Waals surface area contributed by atoms with E-state index in [1.165, 1.54) is 12.1 Å². The molecule has 1 unspecified atom stereocenters. The SMILES string of the molecule is N#CNC1=NC(c2ccc(O)cc2F)c2c(nc(N)c(C#N)c2N)N1. The third kappa shape index (κ3) is 2.58. The Hall–Kier alpha value is -4.05. The summed E-state index contributed by atoms with van der Waals surface area (Å²) in [5, 5.41) is 32.5. The van der Waals surface area contributed by atoms with Crippen molar-refractivity contribution in [1.29, 1.82) is 10.5 Å². The first kappa shape index (κ1) is 15.8. The molecular formula is C15H11FN8O. The van der Waals surface area contributed by atoms with Crippen LogP contribution in [-0.4, -0.2) is 16.1 Å². The number of nitrogens with one attached hydrogen (secondary N) is 2. The molecule has 1 aromatic heterocycles. The molecule has 7 N–H and O–H groups in total. The van der Waals surface area contributed by atoms with Crippen molar-refractivity contribution in [2.75, 3.05) is 16.8 Å². The molecule has 0 saturated heterocycles. The number of benzene rings is 1. The minimum Gasteiger partial charge on any atom is -0.508 e. The van der Waals surface area contributed by atoms with Gasteiger partial charge in [0.15, 0.2) is 6.19 Å². The topological polar surface area (TPSA) is 169 Å². The van der Waals surface area contributed by atoms with Crippen LogP contribution >= 0.6 is 0 Å². The highest BCUT2D eigenvalue weighted by molar-refractivity contribution is 5.98. The number of aliphatic imine (C=N–C) groups is 1. The number of aromatic hydroxyl groups is 1. The number of hydrogen-bond donors (Lipinski definition) is 5. The van der Waals surface area contributed by atoms with E-state index in [4.69, 9.17) is 16.7 Å². The highest BCUT2D eigenvalue weighted by Crippen LogP contribution is 2.41. The van der Waals surface area contributed by atoms with E-state index in [9.17, 15) is 14.8 Å². The van der Waals surface area contributed by atoms with Crippen molar-refractivity contribution in [3.05, 3.63) is 40.7 Å². The zero-order valence-corrected chi connectivity index (χ0v) is 12.6. The van der Waals surface area contributed by atoms with Crippen LogP contribution in [0.2, 0.25) is 0 Å². The van der Waals surface area contributed by atoms with Gasteiger partial charge in [-0.15, -0.1) is 0 Å². The lowest BCUT2D eigenvalue weighted by atomic mass is 9.94. The first-order valence-electron chi connectivity index (χ1n) is 6.93. The predicted octanol–water partition coefficient (Wildman–Crippen LogP) is 0.904. The van der Waals surface area contributed by atoms with Gasteiger partial charge < -0.3 is 21.9 Å². The molecule has 9 nitrogen and oxygen atoms in total. The van der Waals surface area contributed by atoms with E-state index in [2.05, 4.69) is 20.6 Å². The van der Waals surface area contributed by atoms with Gasteiger partial charge in [0.2, 0.25) is 5.96 Å². The number of nitrogen functional groups attached to an aromatic ring is 2. The molecule has 0 bridgehead atoms. The van der Waals surface area contributed by atoms with E-state index >= 15 is 0 Å². The number of phenolic OH excluding ortho intramolecular Hbond substituents is 1. The predicted molar refractivity (Wildman–Crippen MR) is 87.5 cm³/mol. The number of hydrogen-bond acceptors (Lipinski definition) is 9. The Morgan fingerprint density at radius 3 is 2.72 bits per heavy atom. The number of fused-ring (bicyclic) bond motifs is 1. The van der Waals surface area contributed by atoms with Crippen LogP contribution in [0.25, 0.3) is 0 Å². The van der Waals surface area contributed by atoms with E-state index in [1.807, 2.05) is 6.07 Å². The van der Waals surface area contributed by atoms with Gasteiger partial charge in [-0.1, -0.05) is 0 Å². The average molecular weight is 338 g/mol. The van der Waals surface area contributed by atoms with Crippen LogP contribution in [0, 0.1) is 28.6 Å². The summed E-state index contributed by atoms with van der Waals surface area (Å²) in [7, 11) is 0. The molecular weight excluding hydrogens is 327 g/mol. The molecule has 0 amide bonds. The number of nitrogens with zero attached hydrogens (tertiary/aromatic N) is 4. The molecule has 0 saturated carbocycles. The average Bonchev–Trinajstić information content (AvgIpc) is 2.54. The second-order valence-corrected chi connectivity index (χ2v) is 5.11. The summed E-state index contributed by atoms with van der Waals surface area (Å²) in [4.78, 5) is 8.28. The lowest BCUT2D eigenvalue weighted by Crippen LogP contribution is -2.33. The Kier molecular flexibility index (Phi) is 3.71. The van der Waals surface area contributed by atoms with Crippen LogP contribution in [0.3, 0.4) is 0 Å². The molecule has 124 valence electrons. The van der Waals surface area contributed by atoms with Crippen LogP contribution in [0.1, 0.15) is 22.7 Å². The fourth-order valence-corrected chi connectivity index (χ4v) is 2.54. The molecule has 1 aliphatic rings. The Morgan fingerprint density at radius 2 is 2.08 bits per heavy atom. The maximum absolute atomic E-state index is 14.3. The van der Waals surface area contributed by atoms with Crippen LogP contribution in [0.15, 0.2) is 23.2 Å². The fraction of sp³-hybridized carbons (Fsp3) is 0.0667. The van der Waals surface area contributed by atoms with Crippen molar-refractivity contribution in [3.63, 3.8) is 0 Å². The minimum atomic E-state index is -0.993. The first-order valence-corrected chi connectivity index (χ1v) is 6.93. The van der Waals surface area contributed by atoms with E-state index in [0.29, 0.717) is 0 Å². The maximum atomic E-state index is 14.3. The van der Waals surface area contributed by atoms with E-state index in [1.54, 1.807) is 6.19 Å². The molecule has 2 heterocycles. The molecule has 10 heteroatoms. The van der Waals surface area contributed by atoms with Gasteiger partial charge >= 0.3 is 0 Å². The standard InChI is InChI=1S/C15H11FN8O/c16-9-3-6(25)1-2-7(9)12-10-11(19)8(4-17)13(20)23-14(10)24-15(22-12)21-5-18/h1-3,12,25H,(H6,19,20,21,22,23,24). The van der Waals surface area contributed by atoms with Crippen molar-refractivity contribution in [1.82, 2.24) is 10.3 Å². The van der Waals surface area contributed by atoms with Crippen molar-refractivity contribution in [2.24, 2.45) is 4.99 Å². The molecule has 25 heavy (non-hydrogen) atoms. The molecule has 2 aromatic rings. The number of nitrogens with two attached hydrogens (primary N) is 2. The Labute approximate surface area is 141 Å². The second-order valence-electron chi connectivity index (χ2n) is 5.11. The molecule has 0 fully saturated rings. The maximum Gasteiger partial charge on any atom is 0.211 e. The third-order valence-corrected chi connectivity index (χ3v) is 3.64. The van der Waals surface area contributed by atoms with Crippen molar-refractivity contribution < 1.29 is 9.50 Å². The number of halogens is 1. The van der Waals surface area contributed by atoms with Crippen LogP contribution < -0.4 is 22.1 Å². The summed E-state index contributed by atoms with van der Waals surface area (Å²) >= 11 is 0. The van der Waals surface area contributed by atoms with Crippen LogP contribution in [-0.2, 0) is 0 Å². The van der Waals surface area contributed by atoms with Gasteiger partial charge in [0.1, 0.15) is 40.9 Å². The lowest BCUT2D eigenvalue weighted by molar-refractivity contribution is 0.467. The molecule has 1 atom stereocenters. The Balaban J connectivity index is 2.28. The number of nitriles is 2. The van der Waals surface area contributed by atoms with E-state index < -0.39 is 11.9 Å². The summed E-state index contributed by atoms with van der Waals surface area (Å²) in [6.07, 6.45) is 1.70. The molecule has 1 aliphatic heterocycles. The van der Waals surface area contributed by atoms with Gasteiger partial charge in [-0.25, -0.2) is 14.4 Å². The molecule has 0 aliphatic carbocycles. The van der Waals surface area contributed by atoms with Crippen molar-refractivity contribution in [3.8, 4) is 18.0 Å². The second kappa shape index (κ2) is 5.86. The van der Waals surface area contributed by atoms with Gasteiger partial charge in [0, 0.05) is 17.2 Å². The number of guanidine groups is 1. The van der Waals surface area contributed by atoms with E-state index in [-0.39, 0.29) is 45.7 Å². The molecule has 0 radical (unpaired) electrons. The molecule has 0 spiro atoms. The van der Waals surface area contributed by atoms with Gasteiger partial charge in [0.05, 0.1) is 5.69 Å². The monoisotopic (exact) mass is 338 g/mol. The van der Waals surface area contributed by atoms with E-state index in [0.717, 1.165) is 6.07 Å². The largest absolute Gasteiger partial charge is 0.508 e. The highest BCUT2D eigenvalue weighted by atomic mass is 19.1. The molecule has 3 rings (SSSR count). The molecule has 1 aromatic carbocycles. The summed E-state index contributed by atoms with van der Waals surface area (Å²) in [5.74, 6) is -0.916. The lowest BCUT2D eigenvalue weighted by Gasteiger charge is -2.26. The van der Waals surface area contributed by atoms with Gasteiger partial charge in [-0.05, 0) is 12.1 Å². The Bertz CT molecular complexity index is 988. The quantitative estimate of drug-likeness (QED) is 0.377. The first-order chi connectivity index (χ1) is 12.0. The normalized spacial score (nSPS) is 15.2. The Morgan fingerprint density at radius 1 is 1.32 bits per heavy atom. The van der Waals surface area contributed by atoms with Crippen molar-refractivity contribution in [2.45, 2.75) is 6.04 Å². The number of aromatic nitrogens is 1. The third-order valence-electron chi connectivity index (χ3n) is 3.64. The van der Waals surface area contributed by atoms with Crippen LogP contribution in [0.4, 0.5) is 21.7 Å². The zero-order valence-electron chi connectivity index (χ0n) is 12.6. The fourth-order valence-electron chi connectivity index (χ4n) is 2.54. The smallest absolute Gasteiger partial charge is 0.211 e. The number of anilines is 3.